The average molecular weight is 274 g/mol. The molecule has 5 nitrogen and oxygen atoms in total. The second kappa shape index (κ2) is 5.38. The molecule has 0 radical (unpaired) electrons. The Morgan fingerprint density at radius 2 is 2.21 bits per heavy atom. The summed E-state index contributed by atoms with van der Waals surface area (Å²) in [5.41, 5.74) is 0.421. The summed E-state index contributed by atoms with van der Waals surface area (Å²) in [7, 11) is 0. The van der Waals surface area contributed by atoms with Gasteiger partial charge in [0.2, 0.25) is 0 Å². The van der Waals surface area contributed by atoms with Crippen LogP contribution in [0.4, 0.5) is 5.69 Å². The molecule has 1 aromatic heterocycles. The fourth-order valence-corrected chi connectivity index (χ4v) is 1.64. The molecule has 0 atom stereocenters. The molecule has 0 aliphatic carbocycles. The third-order valence-corrected chi connectivity index (χ3v) is 2.59. The summed E-state index contributed by atoms with van der Waals surface area (Å²) in [6.07, 6.45) is 1.39. The number of rotatable bonds is 2. The van der Waals surface area contributed by atoms with Crippen molar-refractivity contribution in [3.8, 4) is 11.8 Å². The maximum Gasteiger partial charge on any atom is 0.278 e. The minimum atomic E-state index is -0.614. The molecular weight excluding hydrogens is 266 g/mol. The highest BCUT2D eigenvalue weighted by Gasteiger charge is 2.14. The summed E-state index contributed by atoms with van der Waals surface area (Å²) >= 11 is 5.81. The van der Waals surface area contributed by atoms with Gasteiger partial charge in [-0.05, 0) is 30.3 Å². The molecule has 0 bridgehead atoms. The first-order valence-electron chi connectivity index (χ1n) is 5.27. The number of aromatic hydroxyl groups is 1. The van der Waals surface area contributed by atoms with E-state index in [4.69, 9.17) is 16.9 Å². The lowest BCUT2D eigenvalue weighted by Gasteiger charge is -2.07. The molecule has 0 aliphatic heterocycles. The van der Waals surface area contributed by atoms with Crippen molar-refractivity contribution < 1.29 is 9.90 Å². The molecule has 2 rings (SSSR count). The summed E-state index contributed by atoms with van der Waals surface area (Å²) in [6, 6.07) is 9.30. The molecule has 6 heteroatoms. The molecule has 1 amide bonds. The summed E-state index contributed by atoms with van der Waals surface area (Å²) in [5.74, 6) is -0.850. The summed E-state index contributed by atoms with van der Waals surface area (Å²) < 4.78 is 0. The molecule has 1 heterocycles. The molecule has 94 valence electrons. The van der Waals surface area contributed by atoms with E-state index in [9.17, 15) is 9.90 Å². The number of nitrogens with one attached hydrogen (secondary N) is 1. The average Bonchev–Trinajstić information content (AvgIpc) is 2.39. The number of anilines is 1. The standard InChI is InChI=1S/C13H8ClN3O2/c14-9-4-3-8(7-15)10(6-9)17-13(19)12-11(18)2-1-5-16-12/h1-6,18H,(H,17,19). The molecule has 1 aromatic carbocycles. The van der Waals surface area contributed by atoms with Gasteiger partial charge < -0.3 is 10.4 Å². The predicted octanol–water partition coefficient (Wildman–Crippen LogP) is 2.56. The van der Waals surface area contributed by atoms with Crippen LogP contribution in [0.2, 0.25) is 5.02 Å². The fraction of sp³-hybridized carbons (Fsp3) is 0. The van der Waals surface area contributed by atoms with Crippen LogP contribution in [-0.4, -0.2) is 16.0 Å². The van der Waals surface area contributed by atoms with E-state index in [-0.39, 0.29) is 22.7 Å². The van der Waals surface area contributed by atoms with E-state index in [0.29, 0.717) is 5.02 Å². The van der Waals surface area contributed by atoms with Gasteiger partial charge in [-0.3, -0.25) is 4.79 Å². The number of nitriles is 1. The van der Waals surface area contributed by atoms with E-state index in [1.54, 1.807) is 6.07 Å². The Bertz CT molecular complexity index is 680. The number of benzene rings is 1. The van der Waals surface area contributed by atoms with Crippen molar-refractivity contribution in [3.63, 3.8) is 0 Å². The van der Waals surface area contributed by atoms with Gasteiger partial charge in [-0.1, -0.05) is 11.6 Å². The van der Waals surface area contributed by atoms with Crippen LogP contribution in [0.1, 0.15) is 16.1 Å². The lowest BCUT2D eigenvalue weighted by molar-refractivity contribution is 0.101. The smallest absolute Gasteiger partial charge is 0.278 e. The highest BCUT2D eigenvalue weighted by atomic mass is 35.5. The third kappa shape index (κ3) is 2.81. The number of pyridine rings is 1. The van der Waals surface area contributed by atoms with Gasteiger partial charge in [0.15, 0.2) is 5.69 Å². The largest absolute Gasteiger partial charge is 0.505 e. The molecule has 0 unspecified atom stereocenters. The van der Waals surface area contributed by atoms with Crippen LogP contribution in [0, 0.1) is 11.3 Å². The molecule has 2 aromatic rings. The number of halogens is 1. The van der Waals surface area contributed by atoms with Crippen molar-refractivity contribution in [1.82, 2.24) is 4.98 Å². The number of carbonyl (C=O) groups is 1. The minimum absolute atomic E-state index is 0.119. The van der Waals surface area contributed by atoms with E-state index >= 15 is 0 Å². The maximum absolute atomic E-state index is 11.9. The van der Waals surface area contributed by atoms with Crippen molar-refractivity contribution >= 4 is 23.2 Å². The number of carbonyl (C=O) groups excluding carboxylic acids is 1. The van der Waals surface area contributed by atoms with Gasteiger partial charge in [0.1, 0.15) is 11.8 Å². The van der Waals surface area contributed by atoms with Crippen LogP contribution in [0.15, 0.2) is 36.5 Å². The molecular formula is C13H8ClN3O2. The number of nitrogens with zero attached hydrogens (tertiary/aromatic N) is 2. The Kier molecular flexibility index (Phi) is 3.64. The summed E-state index contributed by atoms with van der Waals surface area (Å²) in [6.45, 7) is 0. The van der Waals surface area contributed by atoms with Crippen LogP contribution in [-0.2, 0) is 0 Å². The Morgan fingerprint density at radius 1 is 1.42 bits per heavy atom. The third-order valence-electron chi connectivity index (χ3n) is 2.35. The first kappa shape index (κ1) is 12.9. The van der Waals surface area contributed by atoms with E-state index in [1.165, 1.54) is 30.5 Å². The van der Waals surface area contributed by atoms with E-state index < -0.39 is 5.91 Å². The van der Waals surface area contributed by atoms with Gasteiger partial charge in [-0.2, -0.15) is 5.26 Å². The lowest BCUT2D eigenvalue weighted by atomic mass is 10.2. The molecule has 0 fully saturated rings. The van der Waals surface area contributed by atoms with Gasteiger partial charge in [0.25, 0.3) is 5.91 Å². The number of hydrogen-bond donors (Lipinski definition) is 2. The highest BCUT2D eigenvalue weighted by molar-refractivity contribution is 6.31. The van der Waals surface area contributed by atoms with Crippen LogP contribution in [0.3, 0.4) is 0 Å². The minimum Gasteiger partial charge on any atom is -0.505 e. The zero-order valence-electron chi connectivity index (χ0n) is 9.59. The Balaban J connectivity index is 2.32. The van der Waals surface area contributed by atoms with Crippen LogP contribution < -0.4 is 5.32 Å². The maximum atomic E-state index is 11.9. The van der Waals surface area contributed by atoms with Crippen molar-refractivity contribution in [2.45, 2.75) is 0 Å². The monoisotopic (exact) mass is 273 g/mol. The predicted molar refractivity (Wildman–Crippen MR) is 70.0 cm³/mol. The molecule has 19 heavy (non-hydrogen) atoms. The fourth-order valence-electron chi connectivity index (χ4n) is 1.47. The van der Waals surface area contributed by atoms with Crippen molar-refractivity contribution in [2.75, 3.05) is 5.32 Å². The quantitative estimate of drug-likeness (QED) is 0.880. The summed E-state index contributed by atoms with van der Waals surface area (Å²) in [5, 5.41) is 21.3. The van der Waals surface area contributed by atoms with Crippen LogP contribution in [0.5, 0.6) is 5.75 Å². The zero-order chi connectivity index (χ0) is 13.8. The van der Waals surface area contributed by atoms with E-state index in [0.717, 1.165) is 0 Å². The second-order valence-corrected chi connectivity index (χ2v) is 4.06. The number of amides is 1. The van der Waals surface area contributed by atoms with Gasteiger partial charge in [0.05, 0.1) is 11.3 Å². The molecule has 0 spiro atoms. The Morgan fingerprint density at radius 3 is 2.89 bits per heavy atom. The molecule has 2 N–H and O–H groups in total. The molecule has 0 saturated carbocycles. The first-order chi connectivity index (χ1) is 9.11. The van der Waals surface area contributed by atoms with Crippen LogP contribution >= 0.6 is 11.6 Å². The topological polar surface area (TPSA) is 86.0 Å². The van der Waals surface area contributed by atoms with Crippen molar-refractivity contribution in [2.24, 2.45) is 0 Å². The van der Waals surface area contributed by atoms with E-state index in [2.05, 4.69) is 10.3 Å². The summed E-state index contributed by atoms with van der Waals surface area (Å²) in [4.78, 5) is 15.7. The normalized spacial score (nSPS) is 9.68. The van der Waals surface area contributed by atoms with Crippen molar-refractivity contribution in [1.29, 1.82) is 5.26 Å². The van der Waals surface area contributed by atoms with E-state index in [1.807, 2.05) is 6.07 Å². The SMILES string of the molecule is N#Cc1ccc(Cl)cc1NC(=O)c1ncccc1O. The lowest BCUT2D eigenvalue weighted by Crippen LogP contribution is -2.14. The van der Waals surface area contributed by atoms with Gasteiger partial charge in [0, 0.05) is 11.2 Å². The van der Waals surface area contributed by atoms with Gasteiger partial charge >= 0.3 is 0 Å². The Hall–Kier alpha value is -2.58. The number of aromatic nitrogens is 1. The van der Waals surface area contributed by atoms with Crippen molar-refractivity contribution in [3.05, 3.63) is 52.8 Å². The zero-order valence-corrected chi connectivity index (χ0v) is 10.3. The highest BCUT2D eigenvalue weighted by Crippen LogP contribution is 2.22. The first-order valence-corrected chi connectivity index (χ1v) is 5.64. The molecule has 0 aliphatic rings. The van der Waals surface area contributed by atoms with Crippen LogP contribution in [0.25, 0.3) is 0 Å². The Labute approximate surface area is 114 Å². The number of hydrogen-bond acceptors (Lipinski definition) is 4. The van der Waals surface area contributed by atoms with Gasteiger partial charge in [-0.15, -0.1) is 0 Å². The molecule has 0 saturated heterocycles. The second-order valence-electron chi connectivity index (χ2n) is 3.63. The van der Waals surface area contributed by atoms with Gasteiger partial charge in [-0.25, -0.2) is 4.98 Å².